The lowest BCUT2D eigenvalue weighted by molar-refractivity contribution is 1.07. The van der Waals surface area contributed by atoms with Crippen LogP contribution < -0.4 is 8.85 Å². The standard InChI is InChI=1S/C22H14N3.3Al.HI/c1-16-12-14-19(15-13-16)22-24-20(17-8-4-2-5-9-17)23-21(25-22)18-10-6-3-7-11-18;;;;/h4-15H,1H2;;;;1H/q;;;+1;/p-1. The van der Waals surface area contributed by atoms with Crippen LogP contribution in [-0.2, 0) is 5.28 Å². The Balaban J connectivity index is 1.84. The summed E-state index contributed by atoms with van der Waals surface area (Å²) in [6.07, 6.45) is 0. The molecule has 0 saturated heterocycles. The van der Waals surface area contributed by atoms with Gasteiger partial charge in [0.25, 0.3) is 0 Å². The van der Waals surface area contributed by atoms with Crippen molar-refractivity contribution in [3.05, 3.63) is 78.4 Å². The molecule has 3 nitrogen and oxygen atoms in total. The van der Waals surface area contributed by atoms with E-state index in [-0.39, 0.29) is 11.9 Å². The van der Waals surface area contributed by atoms with Crippen molar-refractivity contribution < 1.29 is 0 Å². The van der Waals surface area contributed by atoms with Gasteiger partial charge in [0, 0.05) is 16.7 Å². The van der Waals surface area contributed by atoms with Gasteiger partial charge < -0.3 is 0 Å². The predicted molar refractivity (Wildman–Crippen MR) is 130 cm³/mol. The fourth-order valence-electron chi connectivity index (χ4n) is 2.89. The maximum atomic E-state index is 4.80. The number of nitrogens with zero attached hydrogens (tertiary/aromatic N) is 3. The Bertz CT molecular complexity index is 1050. The molecule has 7 heteroatoms. The van der Waals surface area contributed by atoms with Gasteiger partial charge in [-0.2, -0.15) is 0 Å². The Morgan fingerprint density at radius 2 is 1.07 bits per heavy atom. The van der Waals surface area contributed by atoms with Crippen molar-refractivity contribution in [3.8, 4) is 34.2 Å². The third kappa shape index (κ3) is 5.19. The summed E-state index contributed by atoms with van der Waals surface area (Å²) in [4.78, 5) is 14.4. The maximum absolute atomic E-state index is 4.80. The Labute approximate surface area is 204 Å². The fourth-order valence-corrected chi connectivity index (χ4v) is 4.94. The van der Waals surface area contributed by atoms with Gasteiger partial charge in [0.05, 0.1) is 0 Å². The van der Waals surface area contributed by atoms with E-state index in [9.17, 15) is 0 Å². The van der Waals surface area contributed by atoms with Crippen LogP contribution >= 0.6 is 20.3 Å². The summed E-state index contributed by atoms with van der Waals surface area (Å²) in [5, 5.41) is 0.931. The molecule has 0 N–H and O–H groups in total. The van der Waals surface area contributed by atoms with Crippen molar-refractivity contribution in [1.29, 1.82) is 0 Å². The molecule has 5 radical (unpaired) electrons. The molecule has 0 aliphatic heterocycles. The molecule has 0 spiro atoms. The Hall–Kier alpha value is -1.00. The van der Waals surface area contributed by atoms with E-state index in [2.05, 4.69) is 114 Å². The van der Waals surface area contributed by atoms with Gasteiger partial charge in [0.1, 0.15) is 16.3 Å². The molecule has 1 heterocycles. The molecule has 1 aromatic heterocycles. The van der Waals surface area contributed by atoms with Crippen LogP contribution in [-0.4, -0.2) is 59.5 Å². The summed E-state index contributed by atoms with van der Waals surface area (Å²) < 4.78 is 2.50. The van der Waals surface area contributed by atoms with E-state index in [4.69, 9.17) is 15.0 Å². The second kappa shape index (κ2) is 9.87. The molecule has 0 bridgehead atoms. The highest BCUT2D eigenvalue weighted by Gasteiger charge is 2.12. The minimum Gasteiger partial charge on any atom is -0.217 e. The van der Waals surface area contributed by atoms with E-state index in [0.717, 1.165) is 26.4 Å². The van der Waals surface area contributed by atoms with Crippen molar-refractivity contribution in [2.75, 3.05) is 0 Å². The number of aromatic nitrogens is 3. The van der Waals surface area contributed by atoms with Crippen LogP contribution in [0.25, 0.3) is 34.2 Å². The van der Waals surface area contributed by atoms with Crippen molar-refractivity contribution >= 4 is 73.6 Å². The van der Waals surface area contributed by atoms with E-state index < -0.39 is 0 Å². The highest BCUT2D eigenvalue weighted by Crippen LogP contribution is 2.24. The van der Waals surface area contributed by atoms with E-state index in [1.807, 2.05) is 12.1 Å². The smallest absolute Gasteiger partial charge is 0.217 e. The van der Waals surface area contributed by atoms with Crippen LogP contribution in [0.4, 0.5) is 0 Å². The first kappa shape index (κ1) is 21.2. The molecule has 0 amide bonds. The van der Waals surface area contributed by atoms with Crippen LogP contribution in [0.5, 0.6) is 0 Å². The zero-order valence-corrected chi connectivity index (χ0v) is 21.2. The molecular weight excluding hydrogens is 514 g/mol. The molecule has 0 atom stereocenters. The van der Waals surface area contributed by atoms with E-state index in [1.165, 1.54) is 9.99 Å². The summed E-state index contributed by atoms with van der Waals surface area (Å²) in [5.74, 6) is 2.08. The van der Waals surface area contributed by atoms with Crippen molar-refractivity contribution in [3.63, 3.8) is 0 Å². The van der Waals surface area contributed by atoms with E-state index >= 15 is 0 Å². The number of halogens is 1. The van der Waals surface area contributed by atoms with Crippen molar-refractivity contribution in [2.24, 2.45) is 0 Å². The van der Waals surface area contributed by atoms with Gasteiger partial charge in [0.15, 0.2) is 33.8 Å². The van der Waals surface area contributed by atoms with Gasteiger partial charge in [-0.05, 0) is 0 Å². The molecular formula is C22H14Al3IN3. The third-order valence-electron chi connectivity index (χ3n) is 4.55. The minimum atomic E-state index is 0.272. The molecule has 0 saturated carbocycles. The molecule has 3 aromatic carbocycles. The average Bonchev–Trinajstić information content (AvgIpc) is 2.79. The highest BCUT2D eigenvalue weighted by atomic mass is 127. The fraction of sp³-hybridized carbons (Fsp3) is 0.0455. The maximum Gasteiger partial charge on any atom is 0.355 e. The van der Waals surface area contributed by atoms with Crippen LogP contribution in [0, 0.1) is 0 Å². The van der Waals surface area contributed by atoms with Crippen molar-refractivity contribution in [2.45, 2.75) is 5.28 Å². The molecule has 133 valence electrons. The topological polar surface area (TPSA) is 38.7 Å². The summed E-state index contributed by atoms with van der Waals surface area (Å²) in [7, 11) is 0. The number of rotatable bonds is 5. The minimum absolute atomic E-state index is 0.272. The quantitative estimate of drug-likeness (QED) is 0.296. The number of hydrogen-bond donors (Lipinski definition) is 0. The number of benzene rings is 3. The number of hydrogen-bond acceptors (Lipinski definition) is 3. The predicted octanol–water partition coefficient (Wildman–Crippen LogP) is 3.01. The Kier molecular flexibility index (Phi) is 7.23. The second-order valence-electron chi connectivity index (χ2n) is 6.56. The summed E-state index contributed by atoms with van der Waals surface area (Å²) in [5.41, 5.74) is 4.25. The SMILES string of the molecule is [Al][CH2]c1ccc(-c2nc(-c3cc[c]([Al])cc3)nc(-c3cc[c]([Al][I])cc3)n2)cc1. The monoisotopic (exact) mass is 528 g/mol. The van der Waals surface area contributed by atoms with Gasteiger partial charge in [-0.1, -0.05) is 83.6 Å². The van der Waals surface area contributed by atoms with Gasteiger partial charge in [-0.3, -0.25) is 0 Å². The lowest BCUT2D eigenvalue weighted by Crippen LogP contribution is -2.07. The largest absolute Gasteiger partial charge is 0.355 e. The van der Waals surface area contributed by atoms with E-state index in [0.29, 0.717) is 17.5 Å². The lowest BCUT2D eigenvalue weighted by atomic mass is 10.1. The zero-order chi connectivity index (χ0) is 20.2. The van der Waals surface area contributed by atoms with Gasteiger partial charge in [-0.15, -0.1) is 8.85 Å². The van der Waals surface area contributed by atoms with Crippen molar-refractivity contribution in [1.82, 2.24) is 15.0 Å². The van der Waals surface area contributed by atoms with Gasteiger partial charge in [-0.25, -0.2) is 35.2 Å². The van der Waals surface area contributed by atoms with Gasteiger partial charge >= 0.3 is 11.9 Å². The highest BCUT2D eigenvalue weighted by molar-refractivity contribution is 14.1. The normalized spacial score (nSPS) is 10.7. The molecule has 4 rings (SSSR count). The first-order chi connectivity index (χ1) is 14.2. The van der Waals surface area contributed by atoms with Crippen LogP contribution in [0.3, 0.4) is 0 Å². The molecule has 4 aromatic rings. The summed E-state index contributed by atoms with van der Waals surface area (Å²) >= 11 is 8.19. The molecule has 0 aliphatic carbocycles. The third-order valence-corrected chi connectivity index (χ3v) is 8.20. The van der Waals surface area contributed by atoms with Crippen LogP contribution in [0.15, 0.2) is 72.8 Å². The van der Waals surface area contributed by atoms with Gasteiger partial charge in [0.2, 0.25) is 0 Å². The first-order valence-electron chi connectivity index (χ1n) is 9.11. The molecule has 29 heavy (non-hydrogen) atoms. The zero-order valence-electron chi connectivity index (χ0n) is 15.6. The second-order valence-corrected chi connectivity index (χ2v) is 10.4. The summed E-state index contributed by atoms with van der Waals surface area (Å²) in [6, 6.07) is 25.1. The average molecular weight is 528 g/mol. The van der Waals surface area contributed by atoms with E-state index in [1.54, 1.807) is 0 Å². The first-order valence-corrected chi connectivity index (χ1v) is 15.3. The lowest BCUT2D eigenvalue weighted by Gasteiger charge is -2.09. The van der Waals surface area contributed by atoms with Crippen LogP contribution in [0.2, 0.25) is 0 Å². The van der Waals surface area contributed by atoms with Crippen LogP contribution in [0.1, 0.15) is 5.56 Å². The Morgan fingerprint density at radius 3 is 1.48 bits per heavy atom. The molecule has 0 aliphatic rings. The summed E-state index contributed by atoms with van der Waals surface area (Å²) in [6.45, 7) is 0. The molecule has 0 unspecified atom stereocenters. The molecule has 0 fully saturated rings. The Morgan fingerprint density at radius 1 is 0.655 bits per heavy atom.